The summed E-state index contributed by atoms with van der Waals surface area (Å²) in [5.74, 6) is -0.401. The van der Waals surface area contributed by atoms with Crippen LogP contribution >= 0.6 is 0 Å². The van der Waals surface area contributed by atoms with Gasteiger partial charge in [0.05, 0.1) is 11.9 Å². The van der Waals surface area contributed by atoms with Crippen molar-refractivity contribution in [3.05, 3.63) is 83.9 Å². The highest BCUT2D eigenvalue weighted by atomic mass is 32.2. The Hall–Kier alpha value is -3.12. The van der Waals surface area contributed by atoms with Gasteiger partial charge in [-0.1, -0.05) is 54.6 Å². The van der Waals surface area contributed by atoms with Crippen molar-refractivity contribution in [3.63, 3.8) is 0 Å². The van der Waals surface area contributed by atoms with E-state index in [-0.39, 0.29) is 0 Å². The fourth-order valence-electron chi connectivity index (χ4n) is 3.37. The van der Waals surface area contributed by atoms with Gasteiger partial charge in [0.15, 0.2) is 0 Å². The molecule has 30 heavy (non-hydrogen) atoms. The minimum Gasteiger partial charge on any atom is -0.324 e. The molecule has 6 heteroatoms. The average Bonchev–Trinajstić information content (AvgIpc) is 2.71. The predicted octanol–water partition coefficient (Wildman–Crippen LogP) is 4.76. The van der Waals surface area contributed by atoms with Gasteiger partial charge in [0.25, 0.3) is 0 Å². The second kappa shape index (κ2) is 8.71. The van der Waals surface area contributed by atoms with Crippen molar-refractivity contribution in [1.29, 1.82) is 0 Å². The Kier molecular flexibility index (Phi) is 6.27. The Labute approximate surface area is 178 Å². The predicted molar refractivity (Wildman–Crippen MR) is 123 cm³/mol. The van der Waals surface area contributed by atoms with E-state index >= 15 is 0 Å². The van der Waals surface area contributed by atoms with Crippen LogP contribution in [0.2, 0.25) is 0 Å². The van der Waals surface area contributed by atoms with E-state index in [4.69, 9.17) is 0 Å². The Balaban J connectivity index is 1.93. The first-order chi connectivity index (χ1) is 14.2. The van der Waals surface area contributed by atoms with Gasteiger partial charge in [-0.25, -0.2) is 8.42 Å². The van der Waals surface area contributed by atoms with Crippen molar-refractivity contribution in [1.82, 2.24) is 0 Å². The van der Waals surface area contributed by atoms with Crippen molar-refractivity contribution >= 4 is 27.3 Å². The number of nitrogens with zero attached hydrogens (tertiary/aromatic N) is 1. The lowest BCUT2D eigenvalue weighted by Crippen LogP contribution is -2.45. The van der Waals surface area contributed by atoms with Crippen LogP contribution in [0, 0.1) is 13.8 Å². The normalized spacial score (nSPS) is 12.3. The highest BCUT2D eigenvalue weighted by Crippen LogP contribution is 2.29. The number of para-hydroxylation sites is 1. The number of benzene rings is 3. The van der Waals surface area contributed by atoms with E-state index in [1.165, 1.54) is 4.31 Å². The maximum Gasteiger partial charge on any atom is 0.248 e. The van der Waals surface area contributed by atoms with Crippen molar-refractivity contribution in [3.8, 4) is 11.1 Å². The SMILES string of the molecule is Cc1ccc(N([C@@H](C)C(=O)Nc2ccccc2-c2ccccc2)S(C)(=O)=O)cc1C. The molecule has 3 rings (SSSR count). The first kappa shape index (κ1) is 21.6. The maximum atomic E-state index is 13.1. The Morgan fingerprint density at radius 2 is 1.53 bits per heavy atom. The Morgan fingerprint density at radius 1 is 0.900 bits per heavy atom. The summed E-state index contributed by atoms with van der Waals surface area (Å²) in [5.41, 5.74) is 4.96. The van der Waals surface area contributed by atoms with E-state index in [0.29, 0.717) is 11.4 Å². The summed E-state index contributed by atoms with van der Waals surface area (Å²) in [7, 11) is -3.67. The van der Waals surface area contributed by atoms with Gasteiger partial charge in [-0.15, -0.1) is 0 Å². The lowest BCUT2D eigenvalue weighted by Gasteiger charge is -2.29. The number of anilines is 2. The molecule has 0 aliphatic rings. The molecular formula is C24H26N2O3S. The summed E-state index contributed by atoms with van der Waals surface area (Å²) >= 11 is 0. The number of aryl methyl sites for hydroxylation is 2. The zero-order valence-corrected chi connectivity index (χ0v) is 18.4. The first-order valence-corrected chi connectivity index (χ1v) is 11.6. The second-order valence-corrected chi connectivity index (χ2v) is 9.26. The molecule has 0 fully saturated rings. The van der Waals surface area contributed by atoms with Crippen molar-refractivity contribution < 1.29 is 13.2 Å². The van der Waals surface area contributed by atoms with Crippen molar-refractivity contribution in [2.24, 2.45) is 0 Å². The quantitative estimate of drug-likeness (QED) is 0.623. The molecule has 0 unspecified atom stereocenters. The van der Waals surface area contributed by atoms with Crippen molar-refractivity contribution in [2.75, 3.05) is 15.9 Å². The molecule has 1 N–H and O–H groups in total. The number of hydrogen-bond donors (Lipinski definition) is 1. The van der Waals surface area contributed by atoms with Crippen LogP contribution in [-0.2, 0) is 14.8 Å². The van der Waals surface area contributed by atoms with E-state index in [2.05, 4.69) is 5.32 Å². The molecule has 0 aromatic heterocycles. The third-order valence-corrected chi connectivity index (χ3v) is 6.34. The van der Waals surface area contributed by atoms with Gasteiger partial charge in [-0.05, 0) is 55.7 Å². The fourth-order valence-corrected chi connectivity index (χ4v) is 4.54. The number of rotatable bonds is 6. The van der Waals surface area contributed by atoms with Gasteiger partial charge < -0.3 is 5.32 Å². The Bertz CT molecular complexity index is 1160. The molecule has 0 saturated heterocycles. The van der Waals surface area contributed by atoms with Crippen LogP contribution in [0.4, 0.5) is 11.4 Å². The number of nitrogens with one attached hydrogen (secondary N) is 1. The molecule has 3 aromatic rings. The average molecular weight is 423 g/mol. The van der Waals surface area contributed by atoms with E-state index < -0.39 is 22.0 Å². The molecular weight excluding hydrogens is 396 g/mol. The van der Waals surface area contributed by atoms with Gasteiger partial charge in [0.2, 0.25) is 15.9 Å². The largest absolute Gasteiger partial charge is 0.324 e. The molecule has 3 aromatic carbocycles. The van der Waals surface area contributed by atoms with Gasteiger partial charge in [-0.3, -0.25) is 9.10 Å². The third-order valence-electron chi connectivity index (χ3n) is 5.10. The molecule has 0 heterocycles. The van der Waals surface area contributed by atoms with E-state index in [9.17, 15) is 13.2 Å². The monoisotopic (exact) mass is 422 g/mol. The summed E-state index contributed by atoms with van der Waals surface area (Å²) in [6.07, 6.45) is 1.11. The number of amides is 1. The van der Waals surface area contributed by atoms with Crippen molar-refractivity contribution in [2.45, 2.75) is 26.8 Å². The van der Waals surface area contributed by atoms with Gasteiger partial charge in [0, 0.05) is 11.3 Å². The lowest BCUT2D eigenvalue weighted by molar-refractivity contribution is -0.116. The summed E-state index contributed by atoms with van der Waals surface area (Å²) in [6.45, 7) is 5.47. The number of carbonyl (C=O) groups excluding carboxylic acids is 1. The molecule has 0 radical (unpaired) electrons. The molecule has 0 aliphatic carbocycles. The number of sulfonamides is 1. The standard InChI is InChI=1S/C24H26N2O3S/c1-17-14-15-21(16-18(17)2)26(30(4,28)29)19(3)24(27)25-23-13-9-8-12-22(23)20-10-6-5-7-11-20/h5-16,19H,1-4H3,(H,25,27)/t19-/m0/s1. The number of carbonyl (C=O) groups is 1. The molecule has 1 amide bonds. The van der Waals surface area contributed by atoms with Crippen LogP contribution in [0.15, 0.2) is 72.8 Å². The van der Waals surface area contributed by atoms with Gasteiger partial charge >= 0.3 is 0 Å². The van der Waals surface area contributed by atoms with Gasteiger partial charge in [0.1, 0.15) is 6.04 Å². The fraction of sp³-hybridized carbons (Fsp3) is 0.208. The minimum absolute atomic E-state index is 0.401. The second-order valence-electron chi connectivity index (χ2n) is 7.40. The summed E-state index contributed by atoms with van der Waals surface area (Å²) in [4.78, 5) is 13.1. The molecule has 0 saturated carbocycles. The highest BCUT2D eigenvalue weighted by molar-refractivity contribution is 7.92. The molecule has 0 aliphatic heterocycles. The van der Waals surface area contributed by atoms with E-state index in [1.807, 2.05) is 74.5 Å². The van der Waals surface area contributed by atoms with Gasteiger partial charge in [-0.2, -0.15) is 0 Å². The molecule has 156 valence electrons. The zero-order chi connectivity index (χ0) is 21.9. The number of hydrogen-bond acceptors (Lipinski definition) is 3. The third kappa shape index (κ3) is 4.71. The van der Waals surface area contributed by atoms with Crippen LogP contribution < -0.4 is 9.62 Å². The van der Waals surface area contributed by atoms with Crippen LogP contribution in [0.5, 0.6) is 0 Å². The summed E-state index contributed by atoms with van der Waals surface area (Å²) in [5, 5.41) is 2.91. The maximum absolute atomic E-state index is 13.1. The Morgan fingerprint density at radius 3 is 2.17 bits per heavy atom. The van der Waals surface area contributed by atoms with Crippen LogP contribution in [0.1, 0.15) is 18.1 Å². The topological polar surface area (TPSA) is 66.5 Å². The van der Waals surface area contributed by atoms with Crippen LogP contribution in [0.25, 0.3) is 11.1 Å². The van der Waals surface area contributed by atoms with E-state index in [1.54, 1.807) is 19.1 Å². The highest BCUT2D eigenvalue weighted by Gasteiger charge is 2.29. The van der Waals surface area contributed by atoms with E-state index in [0.717, 1.165) is 28.5 Å². The molecule has 0 spiro atoms. The van der Waals surface area contributed by atoms with Crippen LogP contribution in [0.3, 0.4) is 0 Å². The summed E-state index contributed by atoms with van der Waals surface area (Å²) in [6, 6.07) is 21.7. The van der Waals surface area contributed by atoms with Crippen LogP contribution in [-0.4, -0.2) is 26.6 Å². The zero-order valence-electron chi connectivity index (χ0n) is 17.6. The first-order valence-electron chi connectivity index (χ1n) is 9.70. The smallest absolute Gasteiger partial charge is 0.248 e. The minimum atomic E-state index is -3.67. The molecule has 1 atom stereocenters. The molecule has 5 nitrogen and oxygen atoms in total. The summed E-state index contributed by atoms with van der Waals surface area (Å²) < 4.78 is 26.3. The molecule has 0 bridgehead atoms. The lowest BCUT2D eigenvalue weighted by atomic mass is 10.0.